The highest BCUT2D eigenvalue weighted by Crippen LogP contribution is 2.27. The topological polar surface area (TPSA) is 67.6 Å². The molecule has 5 nitrogen and oxygen atoms in total. The maximum Gasteiger partial charge on any atom is 0.251 e. The molecule has 130 valence electrons. The number of nitrogens with two attached hydrogens (primary N) is 1. The molecular formula is C20H23N3O2. The second-order valence-corrected chi connectivity index (χ2v) is 7.02. The Morgan fingerprint density at radius 2 is 1.72 bits per heavy atom. The lowest BCUT2D eigenvalue weighted by molar-refractivity contribution is 0.0909. The van der Waals surface area contributed by atoms with E-state index in [1.54, 1.807) is 24.3 Å². The first kappa shape index (κ1) is 16.0. The highest BCUT2D eigenvalue weighted by atomic mass is 16.5. The number of anilines is 1. The molecule has 25 heavy (non-hydrogen) atoms. The fourth-order valence-electron chi connectivity index (χ4n) is 3.78. The van der Waals surface area contributed by atoms with E-state index in [1.807, 2.05) is 24.3 Å². The second-order valence-electron chi connectivity index (χ2n) is 7.02. The van der Waals surface area contributed by atoms with Gasteiger partial charge in [-0.05, 0) is 73.8 Å². The van der Waals surface area contributed by atoms with Gasteiger partial charge in [-0.1, -0.05) is 0 Å². The van der Waals surface area contributed by atoms with Gasteiger partial charge in [-0.3, -0.25) is 4.79 Å². The van der Waals surface area contributed by atoms with Gasteiger partial charge in [0.15, 0.2) is 0 Å². The Balaban J connectivity index is 1.36. The largest absolute Gasteiger partial charge is 0.457 e. The second kappa shape index (κ2) is 6.76. The monoisotopic (exact) mass is 337 g/mol. The minimum atomic E-state index is -0.00784. The molecule has 0 spiro atoms. The predicted octanol–water partition coefficient (Wildman–Crippen LogP) is 2.89. The Labute approximate surface area is 147 Å². The van der Waals surface area contributed by atoms with Crippen LogP contribution in [0, 0.1) is 5.92 Å². The molecule has 3 atom stereocenters. The molecule has 2 aliphatic heterocycles. The van der Waals surface area contributed by atoms with Crippen molar-refractivity contribution in [2.24, 2.45) is 5.92 Å². The van der Waals surface area contributed by atoms with Gasteiger partial charge in [-0.25, -0.2) is 0 Å². The minimum absolute atomic E-state index is 0.00784. The number of fused-ring (bicyclic) bond motifs is 2. The maximum atomic E-state index is 12.5. The van der Waals surface area contributed by atoms with Crippen molar-refractivity contribution >= 4 is 11.6 Å². The van der Waals surface area contributed by atoms with Crippen LogP contribution in [-0.2, 0) is 0 Å². The third-order valence-electron chi connectivity index (χ3n) is 5.03. The summed E-state index contributed by atoms with van der Waals surface area (Å²) in [4.78, 5) is 14.9. The number of hydrogen-bond acceptors (Lipinski definition) is 4. The number of piperidine rings is 1. The third kappa shape index (κ3) is 3.77. The van der Waals surface area contributed by atoms with E-state index in [2.05, 4.69) is 10.2 Å². The van der Waals surface area contributed by atoms with E-state index in [1.165, 1.54) is 19.5 Å². The first-order valence-corrected chi connectivity index (χ1v) is 8.82. The number of ether oxygens (including phenoxy) is 1. The zero-order chi connectivity index (χ0) is 17.2. The van der Waals surface area contributed by atoms with Crippen molar-refractivity contribution in [1.29, 1.82) is 0 Å². The van der Waals surface area contributed by atoms with Gasteiger partial charge in [0.25, 0.3) is 5.91 Å². The molecule has 4 rings (SSSR count). The van der Waals surface area contributed by atoms with E-state index in [0.717, 1.165) is 24.6 Å². The van der Waals surface area contributed by atoms with Crippen molar-refractivity contribution in [3.05, 3.63) is 54.1 Å². The van der Waals surface area contributed by atoms with Crippen LogP contribution in [0.4, 0.5) is 5.69 Å². The highest BCUT2D eigenvalue weighted by molar-refractivity contribution is 5.94. The molecule has 0 aliphatic carbocycles. The highest BCUT2D eigenvalue weighted by Gasteiger charge is 2.32. The fraction of sp³-hybridized carbons (Fsp3) is 0.350. The average Bonchev–Trinajstić information content (AvgIpc) is 2.96. The van der Waals surface area contributed by atoms with Gasteiger partial charge in [0, 0.05) is 30.4 Å². The Bertz CT molecular complexity index is 731. The summed E-state index contributed by atoms with van der Waals surface area (Å²) in [6, 6.07) is 14.7. The molecule has 2 aliphatic rings. The minimum Gasteiger partial charge on any atom is -0.457 e. The summed E-state index contributed by atoms with van der Waals surface area (Å²) in [5.41, 5.74) is 7.03. The van der Waals surface area contributed by atoms with Crippen LogP contribution in [0.25, 0.3) is 0 Å². The smallest absolute Gasteiger partial charge is 0.251 e. The summed E-state index contributed by atoms with van der Waals surface area (Å²) < 4.78 is 5.76. The molecule has 2 fully saturated rings. The van der Waals surface area contributed by atoms with Crippen LogP contribution in [0.15, 0.2) is 48.5 Å². The number of nitrogens with zero attached hydrogens (tertiary/aromatic N) is 1. The van der Waals surface area contributed by atoms with Crippen LogP contribution >= 0.6 is 0 Å². The van der Waals surface area contributed by atoms with Gasteiger partial charge in [0.2, 0.25) is 0 Å². The van der Waals surface area contributed by atoms with Gasteiger partial charge in [0.1, 0.15) is 11.5 Å². The Morgan fingerprint density at radius 1 is 1.04 bits per heavy atom. The molecule has 1 amide bonds. The predicted molar refractivity (Wildman–Crippen MR) is 97.8 cm³/mol. The van der Waals surface area contributed by atoms with E-state index >= 15 is 0 Å². The number of carbonyl (C=O) groups is 1. The van der Waals surface area contributed by atoms with Crippen LogP contribution < -0.4 is 15.8 Å². The van der Waals surface area contributed by atoms with Crippen LogP contribution in [-0.4, -0.2) is 36.5 Å². The molecule has 2 saturated heterocycles. The lowest BCUT2D eigenvalue weighted by Gasteiger charge is -2.30. The molecule has 2 aromatic carbocycles. The van der Waals surface area contributed by atoms with E-state index < -0.39 is 0 Å². The number of nitrogen functional groups attached to an aromatic ring is 1. The fourth-order valence-corrected chi connectivity index (χ4v) is 3.78. The molecule has 2 heterocycles. The summed E-state index contributed by atoms with van der Waals surface area (Å²) in [5.74, 6) is 2.16. The molecule has 0 saturated carbocycles. The standard InChI is InChI=1S/C20H23N3O2/c21-16-3-7-19(8-4-16)25-18-5-1-15(2-6-18)20(24)22-17-11-14-9-10-23(12-14)13-17/h1-8,14,17H,9-13,21H2,(H,22,24)/t14-,17+/m0/s1. The number of nitrogens with one attached hydrogen (secondary N) is 1. The van der Waals surface area contributed by atoms with Crippen LogP contribution in [0.5, 0.6) is 11.5 Å². The molecule has 3 N–H and O–H groups in total. The molecule has 2 aromatic rings. The molecule has 2 bridgehead atoms. The third-order valence-corrected chi connectivity index (χ3v) is 5.03. The Hall–Kier alpha value is -2.53. The van der Waals surface area contributed by atoms with E-state index in [-0.39, 0.29) is 11.9 Å². The number of amides is 1. The Morgan fingerprint density at radius 3 is 2.40 bits per heavy atom. The quantitative estimate of drug-likeness (QED) is 0.842. The van der Waals surface area contributed by atoms with Gasteiger partial charge < -0.3 is 20.7 Å². The average molecular weight is 337 g/mol. The lowest BCUT2D eigenvalue weighted by Crippen LogP contribution is -2.46. The first-order chi connectivity index (χ1) is 12.2. The summed E-state index contributed by atoms with van der Waals surface area (Å²) in [5, 5.41) is 3.18. The molecule has 0 radical (unpaired) electrons. The zero-order valence-corrected chi connectivity index (χ0v) is 14.2. The van der Waals surface area contributed by atoms with Crippen LogP contribution in [0.1, 0.15) is 23.2 Å². The first-order valence-electron chi connectivity index (χ1n) is 8.82. The van der Waals surface area contributed by atoms with Crippen molar-refractivity contribution < 1.29 is 9.53 Å². The Kier molecular flexibility index (Phi) is 4.32. The van der Waals surface area contributed by atoms with Crippen molar-refractivity contribution in [3.63, 3.8) is 0 Å². The number of hydrogen-bond donors (Lipinski definition) is 2. The molecule has 1 unspecified atom stereocenters. The normalized spacial score (nSPS) is 24.7. The van der Waals surface area contributed by atoms with Crippen molar-refractivity contribution in [2.45, 2.75) is 18.9 Å². The summed E-state index contributed by atoms with van der Waals surface area (Å²) in [6.45, 7) is 3.35. The van der Waals surface area contributed by atoms with Crippen LogP contribution in [0.2, 0.25) is 0 Å². The van der Waals surface area contributed by atoms with Gasteiger partial charge >= 0.3 is 0 Å². The number of benzene rings is 2. The van der Waals surface area contributed by atoms with E-state index in [4.69, 9.17) is 10.5 Å². The van der Waals surface area contributed by atoms with Gasteiger partial charge in [-0.15, -0.1) is 0 Å². The SMILES string of the molecule is Nc1ccc(Oc2ccc(C(=O)N[C@@H]3C[C@@H]4CCN(C4)C3)cc2)cc1. The van der Waals surface area contributed by atoms with Crippen molar-refractivity contribution in [1.82, 2.24) is 10.2 Å². The van der Waals surface area contributed by atoms with E-state index in [0.29, 0.717) is 17.0 Å². The number of carbonyl (C=O) groups excluding carboxylic acids is 1. The van der Waals surface area contributed by atoms with Gasteiger partial charge in [0.05, 0.1) is 0 Å². The maximum absolute atomic E-state index is 12.5. The molecule has 5 heteroatoms. The number of rotatable bonds is 4. The molecular weight excluding hydrogens is 314 g/mol. The van der Waals surface area contributed by atoms with Gasteiger partial charge in [-0.2, -0.15) is 0 Å². The summed E-state index contributed by atoms with van der Waals surface area (Å²) >= 11 is 0. The van der Waals surface area contributed by atoms with Crippen LogP contribution in [0.3, 0.4) is 0 Å². The van der Waals surface area contributed by atoms with Crippen molar-refractivity contribution in [3.8, 4) is 11.5 Å². The summed E-state index contributed by atoms with van der Waals surface area (Å²) in [6.07, 6.45) is 2.37. The zero-order valence-electron chi connectivity index (χ0n) is 14.2. The molecule has 0 aromatic heterocycles. The van der Waals surface area contributed by atoms with Crippen molar-refractivity contribution in [2.75, 3.05) is 25.4 Å². The summed E-state index contributed by atoms with van der Waals surface area (Å²) in [7, 11) is 0. The van der Waals surface area contributed by atoms with E-state index in [9.17, 15) is 4.79 Å². The lowest BCUT2D eigenvalue weighted by atomic mass is 9.96.